The molecule has 0 spiro atoms. The number of likely N-dealkylation sites (tertiary alicyclic amines) is 1. The molecular weight excluding hydrogens is 344 g/mol. The third kappa shape index (κ3) is 4.25. The van der Waals surface area contributed by atoms with Crippen LogP contribution in [0.15, 0.2) is 0 Å². The van der Waals surface area contributed by atoms with Gasteiger partial charge in [-0.1, -0.05) is 33.6 Å². The Hall–Kier alpha value is 0.220. The highest BCUT2D eigenvalue weighted by Gasteiger charge is 2.59. The molecule has 0 aromatic carbocycles. The first kappa shape index (κ1) is 21.3. The van der Waals surface area contributed by atoms with Crippen molar-refractivity contribution in [2.45, 2.75) is 57.6 Å². The Bertz CT molecular complexity index is 467. The van der Waals surface area contributed by atoms with Crippen LogP contribution in [0.4, 0.5) is 0 Å². The quantitative estimate of drug-likeness (QED) is 0.404. The Labute approximate surface area is 137 Å². The third-order valence-corrected chi connectivity index (χ3v) is 9.00. The SMILES string of the molecule is CCC1CN(CCC(O)(P(=O)(O)O)P(=O)(O)O)C(CC)C1CC. The second-order valence-corrected chi connectivity index (χ2v) is 10.3. The molecule has 1 aliphatic rings. The monoisotopic (exact) mass is 373 g/mol. The van der Waals surface area contributed by atoms with Crippen LogP contribution in [0.25, 0.3) is 0 Å². The average Bonchev–Trinajstić information content (AvgIpc) is 2.78. The molecule has 10 heteroatoms. The fraction of sp³-hybridized carbons (Fsp3) is 1.00. The van der Waals surface area contributed by atoms with Crippen LogP contribution in [0.3, 0.4) is 0 Å². The lowest BCUT2D eigenvalue weighted by Crippen LogP contribution is -2.38. The molecule has 1 saturated heterocycles. The molecule has 0 amide bonds. The highest BCUT2D eigenvalue weighted by molar-refractivity contribution is 7.72. The van der Waals surface area contributed by atoms with Gasteiger partial charge in [-0.2, -0.15) is 0 Å². The van der Waals surface area contributed by atoms with Crippen molar-refractivity contribution in [1.29, 1.82) is 0 Å². The molecule has 0 aliphatic carbocycles. The van der Waals surface area contributed by atoms with Gasteiger partial charge >= 0.3 is 15.2 Å². The van der Waals surface area contributed by atoms with Gasteiger partial charge in [0, 0.05) is 25.6 Å². The zero-order chi connectivity index (χ0) is 18.1. The minimum atomic E-state index is -5.37. The molecule has 138 valence electrons. The fourth-order valence-electron chi connectivity index (χ4n) is 3.77. The van der Waals surface area contributed by atoms with Gasteiger partial charge in [-0.15, -0.1) is 0 Å². The first-order valence-electron chi connectivity index (χ1n) is 8.00. The highest BCUT2D eigenvalue weighted by Crippen LogP contribution is 2.69. The Morgan fingerprint density at radius 1 is 1.00 bits per heavy atom. The van der Waals surface area contributed by atoms with Gasteiger partial charge in [0.15, 0.2) is 0 Å². The summed E-state index contributed by atoms with van der Waals surface area (Å²) in [5.74, 6) is 0.895. The van der Waals surface area contributed by atoms with E-state index in [0.29, 0.717) is 18.4 Å². The molecule has 3 unspecified atom stereocenters. The van der Waals surface area contributed by atoms with Gasteiger partial charge < -0.3 is 24.7 Å². The minimum Gasteiger partial charge on any atom is -0.367 e. The zero-order valence-electron chi connectivity index (χ0n) is 13.9. The first-order chi connectivity index (χ1) is 10.4. The van der Waals surface area contributed by atoms with Gasteiger partial charge in [-0.3, -0.25) is 14.0 Å². The molecule has 1 rings (SSSR count). The maximum atomic E-state index is 11.4. The van der Waals surface area contributed by atoms with Gasteiger partial charge in [0.2, 0.25) is 0 Å². The maximum absolute atomic E-state index is 11.4. The van der Waals surface area contributed by atoms with Gasteiger partial charge in [-0.05, 0) is 18.3 Å². The summed E-state index contributed by atoms with van der Waals surface area (Å²) in [7, 11) is -10.7. The van der Waals surface area contributed by atoms with Crippen molar-refractivity contribution in [3.63, 3.8) is 0 Å². The van der Waals surface area contributed by atoms with Crippen LogP contribution < -0.4 is 0 Å². The number of hydrogen-bond donors (Lipinski definition) is 5. The maximum Gasteiger partial charge on any atom is 0.369 e. The summed E-state index contributed by atoms with van der Waals surface area (Å²) in [6, 6.07) is 0.197. The van der Waals surface area contributed by atoms with E-state index in [0.717, 1.165) is 19.3 Å². The number of aliphatic hydroxyl groups is 1. The van der Waals surface area contributed by atoms with Crippen molar-refractivity contribution >= 4 is 15.2 Å². The molecule has 0 aromatic rings. The topological polar surface area (TPSA) is 139 Å². The number of nitrogens with zero attached hydrogens (tertiary/aromatic N) is 1. The van der Waals surface area contributed by atoms with E-state index < -0.39 is 26.7 Å². The molecule has 1 aliphatic heterocycles. The summed E-state index contributed by atoms with van der Waals surface area (Å²) >= 11 is 0. The van der Waals surface area contributed by atoms with Crippen LogP contribution in [-0.2, 0) is 9.13 Å². The van der Waals surface area contributed by atoms with E-state index in [4.69, 9.17) is 0 Å². The first-order valence-corrected chi connectivity index (χ1v) is 11.2. The average molecular weight is 373 g/mol. The number of hydrogen-bond acceptors (Lipinski definition) is 4. The van der Waals surface area contributed by atoms with E-state index in [1.54, 1.807) is 0 Å². The van der Waals surface area contributed by atoms with Crippen LogP contribution in [0.5, 0.6) is 0 Å². The molecule has 0 saturated carbocycles. The zero-order valence-corrected chi connectivity index (χ0v) is 15.7. The number of rotatable bonds is 8. The van der Waals surface area contributed by atoms with Crippen LogP contribution in [-0.4, -0.2) is 53.8 Å². The Morgan fingerprint density at radius 3 is 1.87 bits per heavy atom. The fourth-order valence-corrected chi connectivity index (χ4v) is 5.91. The predicted molar refractivity (Wildman–Crippen MR) is 86.9 cm³/mol. The Morgan fingerprint density at radius 2 is 1.52 bits per heavy atom. The largest absolute Gasteiger partial charge is 0.369 e. The van der Waals surface area contributed by atoms with Gasteiger partial charge in [0.25, 0.3) is 5.08 Å². The molecule has 1 fully saturated rings. The van der Waals surface area contributed by atoms with E-state index in [-0.39, 0.29) is 12.6 Å². The summed E-state index contributed by atoms with van der Waals surface area (Å²) in [5.41, 5.74) is 0. The molecular formula is C13H29NO7P2. The van der Waals surface area contributed by atoms with E-state index in [1.165, 1.54) is 0 Å². The molecule has 3 atom stereocenters. The molecule has 8 nitrogen and oxygen atoms in total. The smallest absolute Gasteiger partial charge is 0.367 e. The second-order valence-electron chi connectivity index (χ2n) is 6.32. The van der Waals surface area contributed by atoms with E-state index in [9.17, 15) is 33.8 Å². The predicted octanol–water partition coefficient (Wildman–Crippen LogP) is 1.52. The lowest BCUT2D eigenvalue weighted by Gasteiger charge is -2.33. The third-order valence-electron chi connectivity index (χ3n) is 5.12. The van der Waals surface area contributed by atoms with Gasteiger partial charge in [0.1, 0.15) is 0 Å². The van der Waals surface area contributed by atoms with Crippen molar-refractivity contribution in [3.8, 4) is 0 Å². The summed E-state index contributed by atoms with van der Waals surface area (Å²) in [6.45, 7) is 6.97. The molecule has 23 heavy (non-hydrogen) atoms. The minimum absolute atomic E-state index is 0.0399. The normalized spacial score (nSPS) is 27.6. The van der Waals surface area contributed by atoms with Crippen LogP contribution in [0.1, 0.15) is 46.5 Å². The van der Waals surface area contributed by atoms with Crippen molar-refractivity contribution < 1.29 is 33.8 Å². The van der Waals surface area contributed by atoms with Gasteiger partial charge in [-0.25, -0.2) is 0 Å². The summed E-state index contributed by atoms with van der Waals surface area (Å²) in [5, 5.41) is 6.68. The van der Waals surface area contributed by atoms with Gasteiger partial charge in [0.05, 0.1) is 0 Å². The second kappa shape index (κ2) is 7.63. The Balaban J connectivity index is 2.94. The van der Waals surface area contributed by atoms with Crippen LogP contribution >= 0.6 is 15.2 Å². The summed E-state index contributed by atoms with van der Waals surface area (Å²) in [6.07, 6.45) is 2.14. The lowest BCUT2D eigenvalue weighted by atomic mass is 9.86. The summed E-state index contributed by atoms with van der Waals surface area (Å²) < 4.78 is 22.9. The summed E-state index contributed by atoms with van der Waals surface area (Å²) in [4.78, 5) is 38.9. The molecule has 0 bridgehead atoms. The molecule has 1 heterocycles. The molecule has 0 radical (unpaired) electrons. The lowest BCUT2D eigenvalue weighted by molar-refractivity contribution is 0.102. The van der Waals surface area contributed by atoms with E-state index >= 15 is 0 Å². The van der Waals surface area contributed by atoms with Crippen molar-refractivity contribution in [3.05, 3.63) is 0 Å². The highest BCUT2D eigenvalue weighted by atomic mass is 31.2. The standard InChI is InChI=1S/C13H29NO7P2/c1-4-10-9-14(12(6-3)11(10)5-2)8-7-13(15,22(16,17)18)23(19,20)21/h10-12,15H,4-9H2,1-3H3,(H2,16,17,18)(H2,19,20,21). The van der Waals surface area contributed by atoms with Crippen LogP contribution in [0, 0.1) is 11.8 Å². The van der Waals surface area contributed by atoms with E-state index in [1.807, 2.05) is 11.8 Å². The van der Waals surface area contributed by atoms with Crippen molar-refractivity contribution in [2.75, 3.05) is 13.1 Å². The van der Waals surface area contributed by atoms with Crippen LogP contribution in [0.2, 0.25) is 0 Å². The van der Waals surface area contributed by atoms with E-state index in [2.05, 4.69) is 13.8 Å². The Kier molecular flexibility index (Phi) is 7.05. The van der Waals surface area contributed by atoms with Crippen molar-refractivity contribution in [2.24, 2.45) is 11.8 Å². The molecule has 0 aromatic heterocycles. The van der Waals surface area contributed by atoms with Crippen molar-refractivity contribution in [1.82, 2.24) is 4.90 Å². The molecule has 5 N–H and O–H groups in total.